The quantitative estimate of drug-likeness (QED) is 0.863. The van der Waals surface area contributed by atoms with Crippen molar-refractivity contribution in [3.63, 3.8) is 0 Å². The fourth-order valence-electron chi connectivity index (χ4n) is 2.69. The smallest absolute Gasteiger partial charge is 0.263 e. The summed E-state index contributed by atoms with van der Waals surface area (Å²) in [7, 11) is 0. The Labute approximate surface area is 133 Å². The average Bonchev–Trinajstić information content (AvgIpc) is 2.91. The van der Waals surface area contributed by atoms with Crippen molar-refractivity contribution in [2.45, 2.75) is 19.8 Å². The minimum atomic E-state index is -0.105. The number of fused-ring (bicyclic) bond motifs is 1. The molecule has 0 bridgehead atoms. The molecular weight excluding hydrogens is 300 g/mol. The molecule has 3 rings (SSSR count). The van der Waals surface area contributed by atoms with Gasteiger partial charge in [-0.25, -0.2) is 0 Å². The van der Waals surface area contributed by atoms with Gasteiger partial charge in [-0.05, 0) is 30.4 Å². The van der Waals surface area contributed by atoms with Gasteiger partial charge in [0.1, 0.15) is 0 Å². The first-order valence-corrected chi connectivity index (χ1v) is 8.30. The summed E-state index contributed by atoms with van der Waals surface area (Å²) < 4.78 is 1.16. The van der Waals surface area contributed by atoms with Crippen LogP contribution in [-0.2, 0) is 0 Å². The van der Waals surface area contributed by atoms with Crippen LogP contribution in [0, 0.1) is 5.41 Å². The van der Waals surface area contributed by atoms with Crippen LogP contribution in [0.15, 0.2) is 30.3 Å². The molecule has 1 aromatic heterocycles. The lowest BCUT2D eigenvalue weighted by atomic mass is 9.80. The second-order valence-corrected chi connectivity index (χ2v) is 7.39. The zero-order valence-electron chi connectivity index (χ0n) is 12.0. The molecule has 2 heterocycles. The van der Waals surface area contributed by atoms with Gasteiger partial charge < -0.3 is 10.6 Å². The van der Waals surface area contributed by atoms with E-state index in [9.17, 15) is 4.79 Å². The highest BCUT2D eigenvalue weighted by Crippen LogP contribution is 2.33. The average molecular weight is 318 g/mol. The fourth-order valence-corrected chi connectivity index (χ4v) is 3.93. The van der Waals surface area contributed by atoms with Crippen molar-refractivity contribution in [3.8, 4) is 0 Å². The number of amides is 1. The number of piperidine rings is 1. The van der Waals surface area contributed by atoms with E-state index in [-0.39, 0.29) is 11.3 Å². The number of likely N-dealkylation sites (tertiary alicyclic amines) is 1. The summed E-state index contributed by atoms with van der Waals surface area (Å²) in [6.07, 6.45) is 1.69. The number of nitrogens with two attached hydrogens (primary N) is 1. The molecule has 0 aliphatic carbocycles. The number of benzene rings is 1. The molecule has 0 saturated carbocycles. The van der Waals surface area contributed by atoms with Crippen LogP contribution in [0.3, 0.4) is 0 Å². The SMILES string of the molecule is CC1(C(N)=S)CCN(C(=O)c2cc3ccccc3s2)CC1. The molecule has 1 amide bonds. The fraction of sp³-hybridized carbons (Fsp3) is 0.375. The molecule has 0 atom stereocenters. The van der Waals surface area contributed by atoms with E-state index >= 15 is 0 Å². The minimum absolute atomic E-state index is 0.105. The largest absolute Gasteiger partial charge is 0.393 e. The van der Waals surface area contributed by atoms with Gasteiger partial charge in [-0.2, -0.15) is 0 Å². The van der Waals surface area contributed by atoms with E-state index < -0.39 is 0 Å². The van der Waals surface area contributed by atoms with Gasteiger partial charge in [0.25, 0.3) is 5.91 Å². The Morgan fingerprint density at radius 2 is 2.00 bits per heavy atom. The summed E-state index contributed by atoms with van der Waals surface area (Å²) in [5, 5.41) is 1.14. The lowest BCUT2D eigenvalue weighted by Gasteiger charge is -2.38. The third-order valence-electron chi connectivity index (χ3n) is 4.39. The van der Waals surface area contributed by atoms with E-state index in [2.05, 4.69) is 13.0 Å². The van der Waals surface area contributed by atoms with Gasteiger partial charge in [0, 0.05) is 23.2 Å². The van der Waals surface area contributed by atoms with Gasteiger partial charge in [-0.1, -0.05) is 37.3 Å². The highest BCUT2D eigenvalue weighted by molar-refractivity contribution is 7.80. The molecule has 110 valence electrons. The number of carbonyl (C=O) groups is 1. The molecule has 21 heavy (non-hydrogen) atoms. The molecule has 2 N–H and O–H groups in total. The van der Waals surface area contributed by atoms with Crippen molar-refractivity contribution in [2.75, 3.05) is 13.1 Å². The summed E-state index contributed by atoms with van der Waals surface area (Å²) in [6, 6.07) is 10.1. The molecule has 1 fully saturated rings. The third-order valence-corrected chi connectivity index (χ3v) is 5.98. The summed E-state index contributed by atoms with van der Waals surface area (Å²) in [5.41, 5.74) is 5.71. The summed E-state index contributed by atoms with van der Waals surface area (Å²) in [4.78, 5) is 15.9. The normalized spacial score (nSPS) is 17.9. The number of hydrogen-bond donors (Lipinski definition) is 1. The number of nitrogens with zero attached hydrogens (tertiary/aromatic N) is 1. The Kier molecular flexibility index (Phi) is 3.71. The molecular formula is C16H18N2OS2. The van der Waals surface area contributed by atoms with E-state index in [4.69, 9.17) is 18.0 Å². The van der Waals surface area contributed by atoms with Crippen LogP contribution in [-0.4, -0.2) is 28.9 Å². The Hall–Kier alpha value is -1.46. The van der Waals surface area contributed by atoms with Crippen LogP contribution in [0.4, 0.5) is 0 Å². The topological polar surface area (TPSA) is 46.3 Å². The molecule has 1 saturated heterocycles. The molecule has 5 heteroatoms. The molecule has 3 nitrogen and oxygen atoms in total. The first-order valence-electron chi connectivity index (χ1n) is 7.07. The molecule has 1 aliphatic heterocycles. The molecule has 2 aromatic rings. The van der Waals surface area contributed by atoms with Crippen molar-refractivity contribution in [2.24, 2.45) is 11.1 Å². The van der Waals surface area contributed by atoms with Crippen molar-refractivity contribution in [3.05, 3.63) is 35.2 Å². The van der Waals surface area contributed by atoms with E-state index in [0.29, 0.717) is 4.99 Å². The lowest BCUT2D eigenvalue weighted by molar-refractivity contribution is 0.0675. The van der Waals surface area contributed by atoms with E-state index in [1.54, 1.807) is 11.3 Å². The first-order chi connectivity index (χ1) is 9.99. The Morgan fingerprint density at radius 3 is 2.62 bits per heavy atom. The molecule has 1 aromatic carbocycles. The van der Waals surface area contributed by atoms with Crippen molar-refractivity contribution >= 4 is 44.5 Å². The van der Waals surface area contributed by atoms with Crippen molar-refractivity contribution < 1.29 is 4.79 Å². The van der Waals surface area contributed by atoms with Crippen molar-refractivity contribution in [1.29, 1.82) is 0 Å². The van der Waals surface area contributed by atoms with Gasteiger partial charge in [-0.15, -0.1) is 11.3 Å². The van der Waals surface area contributed by atoms with Crippen molar-refractivity contribution in [1.82, 2.24) is 4.90 Å². The van der Waals surface area contributed by atoms with Gasteiger partial charge in [0.15, 0.2) is 0 Å². The molecule has 0 spiro atoms. The maximum atomic E-state index is 12.6. The zero-order chi connectivity index (χ0) is 15.0. The van der Waals surface area contributed by atoms with Crippen LogP contribution < -0.4 is 5.73 Å². The Balaban J connectivity index is 1.76. The second kappa shape index (κ2) is 5.39. The zero-order valence-corrected chi connectivity index (χ0v) is 13.6. The van der Waals surface area contributed by atoms with Crippen LogP contribution in [0.25, 0.3) is 10.1 Å². The molecule has 1 aliphatic rings. The standard InChI is InChI=1S/C16H18N2OS2/c1-16(15(17)20)6-8-18(9-7-16)14(19)13-10-11-4-2-3-5-12(11)21-13/h2-5,10H,6-9H2,1H3,(H2,17,20). The Morgan fingerprint density at radius 1 is 1.33 bits per heavy atom. The molecule has 0 unspecified atom stereocenters. The highest BCUT2D eigenvalue weighted by Gasteiger charge is 2.34. The first kappa shape index (κ1) is 14.5. The predicted octanol–water partition coefficient (Wildman–Crippen LogP) is 3.43. The van der Waals surface area contributed by atoms with Gasteiger partial charge in [0.05, 0.1) is 9.87 Å². The minimum Gasteiger partial charge on any atom is -0.393 e. The van der Waals surface area contributed by atoms with E-state index in [0.717, 1.165) is 40.9 Å². The summed E-state index contributed by atoms with van der Waals surface area (Å²) in [5.74, 6) is 0.126. The highest BCUT2D eigenvalue weighted by atomic mass is 32.1. The predicted molar refractivity (Wildman–Crippen MR) is 91.9 cm³/mol. The Bertz CT molecular complexity index is 666. The maximum Gasteiger partial charge on any atom is 0.263 e. The third kappa shape index (κ3) is 2.68. The van der Waals surface area contributed by atoms with E-state index in [1.165, 1.54) is 0 Å². The molecule has 0 radical (unpaired) electrons. The number of thiophene rings is 1. The van der Waals surface area contributed by atoms with Gasteiger partial charge in [0.2, 0.25) is 0 Å². The van der Waals surface area contributed by atoms with Crippen LogP contribution in [0.2, 0.25) is 0 Å². The summed E-state index contributed by atoms with van der Waals surface area (Å²) >= 11 is 6.71. The van der Waals surface area contributed by atoms with E-state index in [1.807, 2.05) is 29.2 Å². The van der Waals surface area contributed by atoms with Gasteiger partial charge in [-0.3, -0.25) is 4.79 Å². The number of hydrogen-bond acceptors (Lipinski definition) is 3. The number of rotatable bonds is 2. The maximum absolute atomic E-state index is 12.6. The second-order valence-electron chi connectivity index (χ2n) is 5.87. The lowest BCUT2D eigenvalue weighted by Crippen LogP contribution is -2.46. The van der Waals surface area contributed by atoms with Crippen LogP contribution >= 0.6 is 23.6 Å². The number of carbonyl (C=O) groups excluding carboxylic acids is 1. The van der Waals surface area contributed by atoms with Gasteiger partial charge >= 0.3 is 0 Å². The monoisotopic (exact) mass is 318 g/mol. The van der Waals surface area contributed by atoms with Crippen LogP contribution in [0.5, 0.6) is 0 Å². The van der Waals surface area contributed by atoms with Crippen LogP contribution in [0.1, 0.15) is 29.4 Å². The number of thiocarbonyl (C=S) groups is 1. The summed E-state index contributed by atoms with van der Waals surface area (Å²) in [6.45, 7) is 3.54.